The van der Waals surface area contributed by atoms with E-state index in [0.717, 1.165) is 29.0 Å². The first kappa shape index (κ1) is 17.9. The predicted octanol–water partition coefficient (Wildman–Crippen LogP) is 3.67. The third-order valence-electron chi connectivity index (χ3n) is 4.16. The number of thiazole rings is 1. The van der Waals surface area contributed by atoms with Crippen molar-refractivity contribution in [2.75, 3.05) is 18.5 Å². The van der Waals surface area contributed by atoms with Gasteiger partial charge in [0.2, 0.25) is 0 Å². The first-order valence-electron chi connectivity index (χ1n) is 8.48. The molecule has 1 aliphatic heterocycles. The van der Waals surface area contributed by atoms with Crippen LogP contribution in [0.3, 0.4) is 0 Å². The number of nitro benzene ring substituents is 1. The molecule has 1 aromatic heterocycles. The predicted molar refractivity (Wildman–Crippen MR) is 104 cm³/mol. The monoisotopic (exact) mass is 397 g/mol. The highest BCUT2D eigenvalue weighted by atomic mass is 32.1. The van der Waals surface area contributed by atoms with Crippen LogP contribution in [-0.4, -0.2) is 29.0 Å². The van der Waals surface area contributed by atoms with E-state index >= 15 is 0 Å². The number of hydrogen-bond acceptors (Lipinski definition) is 7. The Hall–Kier alpha value is -3.46. The molecule has 1 aliphatic rings. The van der Waals surface area contributed by atoms with Gasteiger partial charge in [-0.25, -0.2) is 4.98 Å². The van der Waals surface area contributed by atoms with E-state index in [2.05, 4.69) is 10.3 Å². The van der Waals surface area contributed by atoms with Gasteiger partial charge in [0.1, 0.15) is 5.75 Å². The third kappa shape index (κ3) is 3.79. The molecule has 9 heteroatoms. The summed E-state index contributed by atoms with van der Waals surface area (Å²) < 4.78 is 10.8. The molecule has 0 radical (unpaired) electrons. The molecule has 4 rings (SSSR count). The fourth-order valence-electron chi connectivity index (χ4n) is 2.84. The van der Waals surface area contributed by atoms with Crippen LogP contribution in [-0.2, 0) is 11.2 Å². The van der Waals surface area contributed by atoms with Crippen molar-refractivity contribution in [3.05, 3.63) is 63.5 Å². The number of rotatable bonds is 6. The van der Waals surface area contributed by atoms with Gasteiger partial charge >= 0.3 is 5.69 Å². The summed E-state index contributed by atoms with van der Waals surface area (Å²) in [6, 6.07) is 11.8. The molecule has 1 amide bonds. The zero-order chi connectivity index (χ0) is 19.5. The summed E-state index contributed by atoms with van der Waals surface area (Å²) in [6.07, 6.45) is 0.875. The topological polar surface area (TPSA) is 104 Å². The van der Waals surface area contributed by atoms with Crippen molar-refractivity contribution in [1.29, 1.82) is 0 Å². The van der Waals surface area contributed by atoms with Crippen molar-refractivity contribution in [2.24, 2.45) is 0 Å². The van der Waals surface area contributed by atoms with E-state index in [1.807, 2.05) is 23.6 Å². The van der Waals surface area contributed by atoms with Crippen molar-refractivity contribution in [3.63, 3.8) is 0 Å². The molecule has 0 bridgehead atoms. The summed E-state index contributed by atoms with van der Waals surface area (Å²) in [7, 11) is 0. The van der Waals surface area contributed by atoms with E-state index in [-0.39, 0.29) is 18.0 Å². The number of anilines is 1. The quantitative estimate of drug-likeness (QED) is 0.503. The molecule has 0 aliphatic carbocycles. The van der Waals surface area contributed by atoms with Gasteiger partial charge < -0.3 is 9.47 Å². The van der Waals surface area contributed by atoms with Crippen LogP contribution in [0.1, 0.15) is 5.56 Å². The number of carbonyl (C=O) groups excluding carboxylic acids is 1. The Morgan fingerprint density at radius 3 is 3.04 bits per heavy atom. The normalized spacial score (nSPS) is 12.1. The molecule has 0 fully saturated rings. The third-order valence-corrected chi connectivity index (χ3v) is 4.91. The average molecular weight is 397 g/mol. The van der Waals surface area contributed by atoms with E-state index in [1.54, 1.807) is 6.07 Å². The minimum atomic E-state index is -0.554. The number of carbonyl (C=O) groups is 1. The smallest absolute Gasteiger partial charge is 0.310 e. The van der Waals surface area contributed by atoms with Crippen LogP contribution < -0.4 is 14.8 Å². The highest BCUT2D eigenvalue weighted by Gasteiger charge is 2.17. The molecule has 8 nitrogen and oxygen atoms in total. The van der Waals surface area contributed by atoms with Gasteiger partial charge in [-0.15, -0.1) is 11.3 Å². The number of benzene rings is 2. The maximum absolute atomic E-state index is 12.1. The average Bonchev–Trinajstić information content (AvgIpc) is 3.35. The minimum Gasteiger partial charge on any atom is -0.493 e. The number of aromatic nitrogens is 1. The fourth-order valence-corrected chi connectivity index (χ4v) is 3.57. The summed E-state index contributed by atoms with van der Waals surface area (Å²) in [6.45, 7) is 0.340. The van der Waals surface area contributed by atoms with Crippen molar-refractivity contribution < 1.29 is 19.2 Å². The maximum atomic E-state index is 12.1. The molecule has 2 heterocycles. The lowest BCUT2D eigenvalue weighted by molar-refractivity contribution is -0.385. The van der Waals surface area contributed by atoms with E-state index < -0.39 is 10.8 Å². The van der Waals surface area contributed by atoms with Crippen LogP contribution in [0, 0.1) is 10.1 Å². The van der Waals surface area contributed by atoms with Crippen LogP contribution in [0.2, 0.25) is 0 Å². The van der Waals surface area contributed by atoms with Gasteiger partial charge in [-0.1, -0.05) is 12.1 Å². The fraction of sp³-hybridized carbons (Fsp3) is 0.158. The lowest BCUT2D eigenvalue weighted by Crippen LogP contribution is -2.20. The Morgan fingerprint density at radius 1 is 1.32 bits per heavy atom. The van der Waals surface area contributed by atoms with Crippen LogP contribution in [0.5, 0.6) is 11.5 Å². The molecule has 0 saturated heterocycles. The zero-order valence-electron chi connectivity index (χ0n) is 14.6. The van der Waals surface area contributed by atoms with Gasteiger partial charge in [-0.3, -0.25) is 20.2 Å². The second kappa shape index (κ2) is 7.65. The number of nitrogens with one attached hydrogen (secondary N) is 1. The first-order chi connectivity index (χ1) is 13.6. The molecular weight excluding hydrogens is 382 g/mol. The highest BCUT2D eigenvalue weighted by Crippen LogP contribution is 2.32. The lowest BCUT2D eigenvalue weighted by atomic mass is 10.1. The van der Waals surface area contributed by atoms with E-state index in [9.17, 15) is 14.9 Å². The molecule has 0 saturated carbocycles. The molecule has 3 aromatic rings. The van der Waals surface area contributed by atoms with E-state index in [1.165, 1.54) is 29.5 Å². The Balaban J connectivity index is 1.39. The Morgan fingerprint density at radius 2 is 2.18 bits per heavy atom. The second-order valence-corrected chi connectivity index (χ2v) is 6.88. The Bertz CT molecular complexity index is 1050. The first-order valence-corrected chi connectivity index (χ1v) is 9.36. The number of nitro groups is 1. The SMILES string of the molecule is O=C(COc1ccccc1[N+](=O)[O-])Nc1nc(-c2ccc3c(c2)CCO3)cs1. The maximum Gasteiger partial charge on any atom is 0.310 e. The second-order valence-electron chi connectivity index (χ2n) is 6.02. The number of ether oxygens (including phenoxy) is 2. The van der Waals surface area contributed by atoms with Gasteiger partial charge in [-0.2, -0.15) is 0 Å². The number of nitrogens with zero attached hydrogens (tertiary/aromatic N) is 2. The van der Waals surface area contributed by atoms with Crippen LogP contribution in [0.15, 0.2) is 47.8 Å². The molecule has 28 heavy (non-hydrogen) atoms. The molecular formula is C19H15N3O5S. The van der Waals surface area contributed by atoms with Gasteiger partial charge in [0, 0.05) is 23.4 Å². The zero-order valence-corrected chi connectivity index (χ0v) is 15.4. The summed E-state index contributed by atoms with van der Waals surface area (Å²) >= 11 is 1.30. The van der Waals surface area contributed by atoms with Crippen molar-refractivity contribution >= 4 is 28.1 Å². The summed E-state index contributed by atoms with van der Waals surface area (Å²) in [5.74, 6) is 0.504. The molecule has 142 valence electrons. The summed E-state index contributed by atoms with van der Waals surface area (Å²) in [5, 5.41) is 15.9. The van der Waals surface area contributed by atoms with Gasteiger partial charge in [0.05, 0.1) is 17.2 Å². The largest absolute Gasteiger partial charge is 0.493 e. The molecule has 0 atom stereocenters. The van der Waals surface area contributed by atoms with E-state index in [4.69, 9.17) is 9.47 Å². The highest BCUT2D eigenvalue weighted by molar-refractivity contribution is 7.14. The van der Waals surface area contributed by atoms with Crippen LogP contribution in [0.4, 0.5) is 10.8 Å². The molecule has 0 spiro atoms. The lowest BCUT2D eigenvalue weighted by Gasteiger charge is -2.06. The van der Waals surface area contributed by atoms with E-state index in [0.29, 0.717) is 11.7 Å². The van der Waals surface area contributed by atoms with Gasteiger partial charge in [0.25, 0.3) is 5.91 Å². The Labute approximate surface area is 163 Å². The van der Waals surface area contributed by atoms with Gasteiger partial charge in [-0.05, 0) is 29.8 Å². The van der Waals surface area contributed by atoms with Gasteiger partial charge in [0.15, 0.2) is 17.5 Å². The number of para-hydroxylation sites is 2. The van der Waals surface area contributed by atoms with Crippen molar-refractivity contribution in [1.82, 2.24) is 4.98 Å². The van der Waals surface area contributed by atoms with Crippen molar-refractivity contribution in [3.8, 4) is 22.8 Å². The summed E-state index contributed by atoms with van der Waals surface area (Å²) in [5.41, 5.74) is 2.67. The minimum absolute atomic E-state index is 0.0443. The number of hydrogen-bond donors (Lipinski definition) is 1. The molecule has 0 unspecified atom stereocenters. The molecule has 2 aromatic carbocycles. The Kier molecular flexibility index (Phi) is 4.90. The van der Waals surface area contributed by atoms with Crippen LogP contribution in [0.25, 0.3) is 11.3 Å². The number of amides is 1. The summed E-state index contributed by atoms with van der Waals surface area (Å²) in [4.78, 5) is 27.0. The molecule has 1 N–H and O–H groups in total. The van der Waals surface area contributed by atoms with Crippen molar-refractivity contribution in [2.45, 2.75) is 6.42 Å². The van der Waals surface area contributed by atoms with Crippen LogP contribution >= 0.6 is 11.3 Å². The standard InChI is InChI=1S/C19H15N3O5S/c23-18(10-27-17-4-2-1-3-15(17)22(24)25)21-19-20-14(11-28-19)12-5-6-16-13(9-12)7-8-26-16/h1-6,9,11H,7-8,10H2,(H,20,21,23). The number of fused-ring (bicyclic) bond motifs is 1.